The molecule has 1 saturated heterocycles. The van der Waals surface area contributed by atoms with Gasteiger partial charge in [0.2, 0.25) is 11.9 Å². The maximum Gasteiger partial charge on any atom is 0.242 e. The Morgan fingerprint density at radius 1 is 1.11 bits per heavy atom. The SMILES string of the molecule is O=C(NCc1ccc(Cl)cc1)[C@@H](CC1CCCCC1)Nc1cc(-n2ccnc2)nc(N2CCSCC2)n1. The first-order valence-corrected chi connectivity index (χ1v) is 14.7. The second-order valence-electron chi connectivity index (χ2n) is 9.76. The first-order chi connectivity index (χ1) is 18.1. The van der Waals surface area contributed by atoms with Crippen molar-refractivity contribution in [3.8, 4) is 5.82 Å². The number of thioether (sulfide) groups is 1. The van der Waals surface area contributed by atoms with E-state index in [1.54, 1.807) is 12.5 Å². The van der Waals surface area contributed by atoms with Gasteiger partial charge in [-0.2, -0.15) is 21.7 Å². The average Bonchev–Trinajstić information content (AvgIpc) is 3.49. The molecule has 3 aromatic rings. The fraction of sp³-hybridized carbons (Fsp3) is 0.481. The largest absolute Gasteiger partial charge is 0.358 e. The van der Waals surface area contributed by atoms with Crippen molar-refractivity contribution < 1.29 is 4.79 Å². The van der Waals surface area contributed by atoms with Crippen molar-refractivity contribution in [1.29, 1.82) is 0 Å². The Hall–Kier alpha value is -2.78. The highest BCUT2D eigenvalue weighted by Crippen LogP contribution is 2.29. The number of benzene rings is 1. The predicted molar refractivity (Wildman–Crippen MR) is 151 cm³/mol. The molecular weight excluding hydrogens is 506 g/mol. The number of nitrogens with one attached hydrogen (secondary N) is 2. The molecule has 1 saturated carbocycles. The summed E-state index contributed by atoms with van der Waals surface area (Å²) in [5.41, 5.74) is 1.02. The van der Waals surface area contributed by atoms with Gasteiger partial charge in [0.1, 0.15) is 24.0 Å². The lowest BCUT2D eigenvalue weighted by Crippen LogP contribution is -2.41. The molecule has 10 heteroatoms. The third kappa shape index (κ3) is 7.17. The van der Waals surface area contributed by atoms with Gasteiger partial charge < -0.3 is 15.5 Å². The Labute approximate surface area is 227 Å². The minimum absolute atomic E-state index is 0.0146. The molecule has 0 bridgehead atoms. The molecule has 0 spiro atoms. The zero-order chi connectivity index (χ0) is 25.5. The monoisotopic (exact) mass is 539 g/mol. The highest BCUT2D eigenvalue weighted by atomic mass is 35.5. The van der Waals surface area contributed by atoms with Gasteiger partial charge in [-0.25, -0.2) is 4.98 Å². The molecule has 1 aliphatic carbocycles. The lowest BCUT2D eigenvalue weighted by atomic mass is 9.84. The number of nitrogens with zero attached hydrogens (tertiary/aromatic N) is 5. The first-order valence-electron chi connectivity index (χ1n) is 13.1. The van der Waals surface area contributed by atoms with Crippen LogP contribution in [0.4, 0.5) is 11.8 Å². The van der Waals surface area contributed by atoms with E-state index in [9.17, 15) is 4.79 Å². The summed E-state index contributed by atoms with van der Waals surface area (Å²) in [5, 5.41) is 7.32. The van der Waals surface area contributed by atoms with Gasteiger partial charge in [0.05, 0.1) is 0 Å². The lowest BCUT2D eigenvalue weighted by Gasteiger charge is -2.29. The fourth-order valence-corrected chi connectivity index (χ4v) is 6.04. The van der Waals surface area contributed by atoms with E-state index in [1.807, 2.05) is 52.9 Å². The third-order valence-corrected chi connectivity index (χ3v) is 8.27. The quantitative estimate of drug-likeness (QED) is 0.398. The normalized spacial score (nSPS) is 17.4. The van der Waals surface area contributed by atoms with Crippen LogP contribution < -0.4 is 15.5 Å². The molecule has 2 N–H and O–H groups in total. The van der Waals surface area contributed by atoms with Crippen LogP contribution >= 0.6 is 23.4 Å². The summed E-state index contributed by atoms with van der Waals surface area (Å²) in [6.07, 6.45) is 12.2. The molecule has 2 aliphatic rings. The van der Waals surface area contributed by atoms with Gasteiger partial charge in [0, 0.05) is 54.6 Å². The van der Waals surface area contributed by atoms with Crippen LogP contribution in [-0.2, 0) is 11.3 Å². The number of hydrogen-bond donors (Lipinski definition) is 2. The number of anilines is 2. The van der Waals surface area contributed by atoms with E-state index in [4.69, 9.17) is 21.6 Å². The molecule has 5 rings (SSSR count). The first kappa shape index (κ1) is 25.9. The summed E-state index contributed by atoms with van der Waals surface area (Å²) < 4.78 is 1.88. The van der Waals surface area contributed by atoms with Crippen molar-refractivity contribution in [2.75, 3.05) is 34.8 Å². The predicted octanol–water partition coefficient (Wildman–Crippen LogP) is 4.94. The van der Waals surface area contributed by atoms with Crippen molar-refractivity contribution in [3.05, 3.63) is 59.6 Å². The number of aromatic nitrogens is 4. The zero-order valence-electron chi connectivity index (χ0n) is 21.0. The maximum atomic E-state index is 13.5. The van der Waals surface area contributed by atoms with Crippen LogP contribution in [0.2, 0.25) is 5.02 Å². The van der Waals surface area contributed by atoms with Crippen molar-refractivity contribution >= 4 is 41.0 Å². The second kappa shape index (κ2) is 12.6. The minimum Gasteiger partial charge on any atom is -0.358 e. The highest BCUT2D eigenvalue weighted by Gasteiger charge is 2.26. The Balaban J connectivity index is 1.37. The molecule has 1 aliphatic heterocycles. The van der Waals surface area contributed by atoms with Gasteiger partial charge in [-0.3, -0.25) is 9.36 Å². The summed E-state index contributed by atoms with van der Waals surface area (Å²) in [5.74, 6) is 4.71. The van der Waals surface area contributed by atoms with Gasteiger partial charge in [0.15, 0.2) is 0 Å². The van der Waals surface area contributed by atoms with E-state index < -0.39 is 0 Å². The number of carbonyl (C=O) groups is 1. The molecule has 8 nitrogen and oxygen atoms in total. The average molecular weight is 540 g/mol. The van der Waals surface area contributed by atoms with E-state index in [2.05, 4.69) is 20.5 Å². The van der Waals surface area contributed by atoms with Crippen LogP contribution in [0.3, 0.4) is 0 Å². The summed E-state index contributed by atoms with van der Waals surface area (Å²) in [6.45, 7) is 2.27. The molecule has 196 valence electrons. The maximum absolute atomic E-state index is 13.5. The highest BCUT2D eigenvalue weighted by molar-refractivity contribution is 7.99. The van der Waals surface area contributed by atoms with Gasteiger partial charge >= 0.3 is 0 Å². The van der Waals surface area contributed by atoms with Crippen LogP contribution in [0.1, 0.15) is 44.1 Å². The number of halogens is 1. The molecule has 1 aromatic carbocycles. The summed E-state index contributed by atoms with van der Waals surface area (Å²) >= 11 is 7.97. The minimum atomic E-state index is -0.384. The summed E-state index contributed by atoms with van der Waals surface area (Å²) in [6, 6.07) is 9.10. The smallest absolute Gasteiger partial charge is 0.242 e. The van der Waals surface area contributed by atoms with Crippen molar-refractivity contribution in [2.45, 2.75) is 51.1 Å². The molecule has 1 atom stereocenters. The number of imidazole rings is 1. The molecule has 1 amide bonds. The van der Waals surface area contributed by atoms with Crippen LogP contribution in [0.5, 0.6) is 0 Å². The summed E-state index contributed by atoms with van der Waals surface area (Å²) in [4.78, 5) is 29.6. The molecule has 2 aromatic heterocycles. The zero-order valence-corrected chi connectivity index (χ0v) is 22.6. The Kier molecular flexibility index (Phi) is 8.84. The Bertz CT molecular complexity index is 1150. The number of rotatable bonds is 9. The van der Waals surface area contributed by atoms with Crippen LogP contribution in [0.25, 0.3) is 5.82 Å². The van der Waals surface area contributed by atoms with Gasteiger partial charge in [-0.1, -0.05) is 55.8 Å². The second-order valence-corrected chi connectivity index (χ2v) is 11.4. The Morgan fingerprint density at radius 2 is 1.89 bits per heavy atom. The summed E-state index contributed by atoms with van der Waals surface area (Å²) in [7, 11) is 0. The van der Waals surface area contributed by atoms with E-state index in [1.165, 1.54) is 32.1 Å². The lowest BCUT2D eigenvalue weighted by molar-refractivity contribution is -0.122. The molecule has 2 fully saturated rings. The van der Waals surface area contributed by atoms with Gasteiger partial charge in [0.25, 0.3) is 0 Å². The Morgan fingerprint density at radius 3 is 2.62 bits per heavy atom. The van der Waals surface area contributed by atoms with Crippen molar-refractivity contribution in [3.63, 3.8) is 0 Å². The van der Waals surface area contributed by atoms with Gasteiger partial charge in [-0.05, 0) is 30.0 Å². The number of hydrogen-bond acceptors (Lipinski definition) is 7. The number of carbonyl (C=O) groups excluding carboxylic acids is 1. The third-order valence-electron chi connectivity index (χ3n) is 7.08. The molecule has 0 radical (unpaired) electrons. The molecule has 0 unspecified atom stereocenters. The number of amides is 1. The fourth-order valence-electron chi connectivity index (χ4n) is 5.01. The van der Waals surface area contributed by atoms with E-state index in [-0.39, 0.29) is 11.9 Å². The van der Waals surface area contributed by atoms with Crippen molar-refractivity contribution in [1.82, 2.24) is 24.8 Å². The van der Waals surface area contributed by atoms with E-state index in [0.29, 0.717) is 29.3 Å². The topological polar surface area (TPSA) is 88.0 Å². The van der Waals surface area contributed by atoms with Crippen LogP contribution in [-0.4, -0.2) is 56.1 Å². The van der Waals surface area contributed by atoms with E-state index >= 15 is 0 Å². The van der Waals surface area contributed by atoms with Crippen LogP contribution in [0, 0.1) is 5.92 Å². The standard InChI is InChI=1S/C27H34ClN7OS/c28-22-8-6-21(7-9-22)18-30-26(36)23(16-20-4-2-1-3-5-20)31-24-17-25(35-11-10-29-19-35)33-27(32-24)34-12-14-37-15-13-34/h6-11,17,19-20,23H,1-5,12-16,18H2,(H,30,36)(H,31,32,33)/t23-/m1/s1. The van der Waals surface area contributed by atoms with Gasteiger partial charge in [-0.15, -0.1) is 0 Å². The van der Waals surface area contributed by atoms with Crippen LogP contribution in [0.15, 0.2) is 49.1 Å². The molecule has 37 heavy (non-hydrogen) atoms. The van der Waals surface area contributed by atoms with E-state index in [0.717, 1.165) is 42.4 Å². The van der Waals surface area contributed by atoms with Crippen molar-refractivity contribution in [2.24, 2.45) is 5.92 Å². The molecular formula is C27H34ClN7OS. The molecule has 3 heterocycles.